The molecule has 0 bridgehead atoms. The Kier molecular flexibility index (Phi) is 7.74. The third-order valence-corrected chi connectivity index (χ3v) is 10.9. The van der Waals surface area contributed by atoms with Gasteiger partial charge in [0, 0.05) is 28.4 Å². The third kappa shape index (κ3) is 7.72. The molecule has 0 aliphatic heterocycles. The Balaban J connectivity index is 1.47. The molecule has 0 amide bonds. The van der Waals surface area contributed by atoms with Gasteiger partial charge in [-0.2, -0.15) is 0 Å². The molecule has 1 N–H and O–H groups in total. The lowest BCUT2D eigenvalue weighted by molar-refractivity contribution is 0.448. The summed E-state index contributed by atoms with van der Waals surface area (Å²) < 4.78 is 71.6. The van der Waals surface area contributed by atoms with Crippen LogP contribution in [-0.2, 0) is 16.2 Å². The second-order valence-corrected chi connectivity index (χ2v) is 18.5. The Hall–Kier alpha value is -6.26. The number of aromatic nitrogens is 3. The predicted octanol–water partition coefficient (Wildman–Crippen LogP) is 14.7. The van der Waals surface area contributed by atoms with Gasteiger partial charge in [-0.05, 0) is 111 Å². The summed E-state index contributed by atoms with van der Waals surface area (Å²) >= 11 is 0. The van der Waals surface area contributed by atoms with Crippen LogP contribution in [0.2, 0.25) is 0 Å². The number of rotatable bonds is 6. The quantitative estimate of drug-likeness (QED) is 0.183. The highest BCUT2D eigenvalue weighted by atomic mass is 16.3. The number of nitrogens with zero attached hydrogens (tertiary/aromatic N) is 3. The molecule has 2 aromatic heterocycles. The number of hydrogen-bond acceptors (Lipinski definition) is 3. The Morgan fingerprint density at radius 2 is 1.29 bits per heavy atom. The van der Waals surface area contributed by atoms with Gasteiger partial charge in [-0.15, -0.1) is 0 Å². The Morgan fingerprint density at radius 3 is 1.98 bits per heavy atom. The molecular weight excluding hydrogens is 719 g/mol. The normalized spacial score (nSPS) is 14.2. The number of para-hydroxylation sites is 1. The van der Waals surface area contributed by atoms with Crippen LogP contribution in [0.25, 0.3) is 72.7 Å². The van der Waals surface area contributed by atoms with Crippen LogP contribution in [0.1, 0.15) is 95.5 Å². The van der Waals surface area contributed by atoms with E-state index in [0.717, 1.165) is 55.7 Å². The Morgan fingerprint density at radius 1 is 0.576 bits per heavy atom. The highest BCUT2D eigenvalue weighted by Gasteiger charge is 2.28. The molecular formula is C55H55N3O. The van der Waals surface area contributed by atoms with Crippen molar-refractivity contribution in [3.05, 3.63) is 168 Å². The average molecular weight is 782 g/mol. The van der Waals surface area contributed by atoms with Crippen molar-refractivity contribution in [3.8, 4) is 67.5 Å². The van der Waals surface area contributed by atoms with Crippen LogP contribution in [0.15, 0.2) is 146 Å². The van der Waals surface area contributed by atoms with Crippen LogP contribution in [0.4, 0.5) is 0 Å². The minimum atomic E-state index is -0.599. The number of phenols is 1. The zero-order chi connectivity index (χ0) is 48.8. The smallest absolute Gasteiger partial charge is 0.149 e. The van der Waals surface area contributed by atoms with Crippen molar-refractivity contribution in [2.24, 2.45) is 0 Å². The summed E-state index contributed by atoms with van der Waals surface area (Å²) in [7, 11) is 0. The lowest BCUT2D eigenvalue weighted by atomic mass is 9.83. The van der Waals surface area contributed by atoms with E-state index in [1.54, 1.807) is 0 Å². The highest BCUT2D eigenvalue weighted by Crippen LogP contribution is 2.45. The van der Waals surface area contributed by atoms with Gasteiger partial charge in [0.25, 0.3) is 0 Å². The van der Waals surface area contributed by atoms with E-state index >= 15 is 0 Å². The molecule has 0 aliphatic carbocycles. The zero-order valence-electron chi connectivity index (χ0n) is 43.5. The number of pyridine rings is 1. The lowest BCUT2D eigenvalue weighted by Crippen LogP contribution is -2.13. The van der Waals surface area contributed by atoms with Crippen LogP contribution < -0.4 is 0 Å². The summed E-state index contributed by atoms with van der Waals surface area (Å²) in [5.41, 5.74) is 9.09. The van der Waals surface area contributed by atoms with Gasteiger partial charge in [0.2, 0.25) is 0 Å². The number of imidazole rings is 1. The van der Waals surface area contributed by atoms with Crippen molar-refractivity contribution in [3.63, 3.8) is 0 Å². The second-order valence-electron chi connectivity index (χ2n) is 18.5. The van der Waals surface area contributed by atoms with Crippen LogP contribution in [0.3, 0.4) is 0 Å². The fourth-order valence-electron chi connectivity index (χ4n) is 7.63. The van der Waals surface area contributed by atoms with E-state index in [4.69, 9.17) is 14.6 Å². The monoisotopic (exact) mass is 781 g/mol. The molecule has 8 aromatic rings. The molecule has 6 aromatic carbocycles. The van der Waals surface area contributed by atoms with Crippen LogP contribution in [0, 0.1) is 6.92 Å². The average Bonchev–Trinajstić information content (AvgIpc) is 3.66. The van der Waals surface area contributed by atoms with E-state index in [1.165, 1.54) is 0 Å². The first-order chi connectivity index (χ1) is 31.3. The molecule has 2 heterocycles. The number of benzene rings is 6. The fraction of sp³-hybridized carbons (Fsp3) is 0.236. The molecule has 4 nitrogen and oxygen atoms in total. The van der Waals surface area contributed by atoms with Crippen LogP contribution >= 0.6 is 0 Å². The van der Waals surface area contributed by atoms with E-state index in [1.807, 2.05) is 67.6 Å². The second kappa shape index (κ2) is 14.8. The van der Waals surface area contributed by atoms with Crippen molar-refractivity contribution in [1.82, 2.24) is 14.5 Å². The molecule has 59 heavy (non-hydrogen) atoms. The van der Waals surface area contributed by atoms with E-state index < -0.39 is 47.8 Å². The first kappa shape index (κ1) is 30.8. The molecule has 0 radical (unpaired) electrons. The number of hydrogen-bond donors (Lipinski definition) is 1. The number of phenolic OH excluding ortho intramolecular Hbond substituents is 1. The van der Waals surface area contributed by atoms with Gasteiger partial charge >= 0.3 is 0 Å². The topological polar surface area (TPSA) is 50.9 Å². The van der Waals surface area contributed by atoms with E-state index in [-0.39, 0.29) is 39.4 Å². The van der Waals surface area contributed by atoms with Gasteiger partial charge in [0.1, 0.15) is 11.6 Å². The summed E-state index contributed by atoms with van der Waals surface area (Å²) in [6.07, 6.45) is -0.500. The molecule has 0 unspecified atom stereocenters. The maximum atomic E-state index is 12.3. The standard InChI is InChI=1S/C55H55N3O/c1-35-28-45(51(59)46(29-35)55(8,9)10)52-57-50-43(22-17-23-49(50)58(52)48-25-24-41(53(2,3)4)34-44(48)37-20-15-12-16-21-37)39-30-40(32-42(31-39)54(5,6)7)47-33-38(26-27-56-47)36-18-13-11-14-19-36/h11-34,59H,1-10H3/i11D,13D,14D,18D,19D,26D,27D,33D. The number of fused-ring (bicyclic) bond motifs is 1. The van der Waals surface area contributed by atoms with Gasteiger partial charge in [0.05, 0.1) is 38.9 Å². The highest BCUT2D eigenvalue weighted by molar-refractivity contribution is 5.98. The minimum absolute atomic E-state index is 0.0272. The minimum Gasteiger partial charge on any atom is -0.507 e. The molecule has 0 saturated carbocycles. The predicted molar refractivity (Wildman–Crippen MR) is 249 cm³/mol. The molecule has 8 rings (SSSR count). The zero-order valence-corrected chi connectivity index (χ0v) is 35.5. The van der Waals surface area contributed by atoms with Crippen molar-refractivity contribution < 1.29 is 16.1 Å². The summed E-state index contributed by atoms with van der Waals surface area (Å²) in [5, 5.41) is 12.3. The van der Waals surface area contributed by atoms with E-state index in [9.17, 15) is 6.48 Å². The molecule has 0 saturated heterocycles. The van der Waals surface area contributed by atoms with Crippen molar-refractivity contribution >= 4 is 11.0 Å². The molecule has 0 atom stereocenters. The summed E-state index contributed by atoms with van der Waals surface area (Å²) in [6, 6.07) is 28.9. The van der Waals surface area contributed by atoms with Crippen LogP contribution in [0.5, 0.6) is 5.75 Å². The van der Waals surface area contributed by atoms with Gasteiger partial charge in [-0.25, -0.2) is 4.98 Å². The largest absolute Gasteiger partial charge is 0.507 e. The maximum absolute atomic E-state index is 12.3. The Labute approximate surface area is 361 Å². The van der Waals surface area contributed by atoms with Crippen molar-refractivity contribution in [2.75, 3.05) is 0 Å². The maximum Gasteiger partial charge on any atom is 0.149 e. The molecule has 0 aliphatic rings. The molecule has 296 valence electrons. The molecule has 0 spiro atoms. The lowest BCUT2D eigenvalue weighted by Gasteiger charge is -2.24. The SMILES string of the molecule is [2H]c1nc(-c2cc(-c3cccc4c3nc(-c3cc(C)cc(C(C)(C)C)c3O)n4-c3ccc(C(C)(C)C)cc3-c3ccccc3)cc(C(C)(C)C)c2)c([2H])c(-c2c([2H])c([2H])c([2H])c([2H])c2[2H])c1[2H]. The first-order valence-electron chi connectivity index (χ1n) is 24.1. The molecule has 4 heteroatoms. The third-order valence-electron chi connectivity index (χ3n) is 10.9. The van der Waals surface area contributed by atoms with Crippen molar-refractivity contribution in [1.29, 1.82) is 0 Å². The van der Waals surface area contributed by atoms with Crippen LogP contribution in [-0.4, -0.2) is 19.6 Å². The number of aromatic hydroxyl groups is 1. The van der Waals surface area contributed by atoms with E-state index in [0.29, 0.717) is 22.5 Å². The van der Waals surface area contributed by atoms with Gasteiger partial charge in [-0.1, -0.05) is 153 Å². The van der Waals surface area contributed by atoms with Gasteiger partial charge in [-0.3, -0.25) is 9.55 Å². The van der Waals surface area contributed by atoms with Gasteiger partial charge in [0.15, 0.2) is 0 Å². The molecule has 0 fully saturated rings. The number of aryl methyl sites for hydroxylation is 1. The summed E-state index contributed by atoms with van der Waals surface area (Å²) in [6.45, 7) is 21.1. The first-order valence-corrected chi connectivity index (χ1v) is 20.1. The fourth-order valence-corrected chi connectivity index (χ4v) is 7.63. The van der Waals surface area contributed by atoms with Gasteiger partial charge < -0.3 is 5.11 Å². The Bertz CT molecular complexity index is 3270. The summed E-state index contributed by atoms with van der Waals surface area (Å²) in [5.74, 6) is 0.694. The van der Waals surface area contributed by atoms with E-state index in [2.05, 4.69) is 108 Å². The summed E-state index contributed by atoms with van der Waals surface area (Å²) in [4.78, 5) is 9.97. The van der Waals surface area contributed by atoms with Crippen molar-refractivity contribution in [2.45, 2.75) is 85.5 Å².